The van der Waals surface area contributed by atoms with Gasteiger partial charge in [0.25, 0.3) is 0 Å². The van der Waals surface area contributed by atoms with Crippen molar-refractivity contribution >= 4 is 17.9 Å². The molecule has 34 heavy (non-hydrogen) atoms. The number of morpholine rings is 1. The molecule has 2 N–H and O–H groups in total. The molecule has 1 saturated heterocycles. The van der Waals surface area contributed by atoms with Gasteiger partial charge in [-0.2, -0.15) is 0 Å². The van der Waals surface area contributed by atoms with Gasteiger partial charge in [-0.15, -0.1) is 0 Å². The highest BCUT2D eigenvalue weighted by Gasteiger charge is 2.14. The van der Waals surface area contributed by atoms with Crippen molar-refractivity contribution in [2.75, 3.05) is 46.6 Å². The molecule has 2 amide bonds. The van der Waals surface area contributed by atoms with Gasteiger partial charge >= 0.3 is 0 Å². The molecule has 1 aliphatic rings. The maximum Gasteiger partial charge on any atom is 0.244 e. The van der Waals surface area contributed by atoms with Crippen LogP contribution in [0, 0.1) is 0 Å². The molecule has 8 heteroatoms. The van der Waals surface area contributed by atoms with Gasteiger partial charge in [0.1, 0.15) is 24.1 Å². The molecule has 1 atom stereocenters. The molecule has 2 aromatic rings. The molecule has 0 saturated carbocycles. The van der Waals surface area contributed by atoms with E-state index in [2.05, 4.69) is 15.5 Å². The number of amides is 2. The van der Waals surface area contributed by atoms with E-state index in [4.69, 9.17) is 14.2 Å². The minimum Gasteiger partial charge on any atom is -0.497 e. The zero-order chi connectivity index (χ0) is 24.2. The number of nitrogens with zero attached hydrogens (tertiary/aromatic N) is 1. The average molecular weight is 468 g/mol. The highest BCUT2D eigenvalue weighted by atomic mass is 16.5. The number of benzene rings is 2. The van der Waals surface area contributed by atoms with E-state index in [9.17, 15) is 9.59 Å². The van der Waals surface area contributed by atoms with Crippen molar-refractivity contribution < 1.29 is 23.8 Å². The van der Waals surface area contributed by atoms with Crippen LogP contribution in [0.4, 0.5) is 0 Å². The highest BCUT2D eigenvalue weighted by molar-refractivity contribution is 5.95. The van der Waals surface area contributed by atoms with Crippen molar-refractivity contribution in [3.63, 3.8) is 0 Å². The Balaban J connectivity index is 1.39. The van der Waals surface area contributed by atoms with E-state index >= 15 is 0 Å². The minimum atomic E-state index is -0.666. The third kappa shape index (κ3) is 8.53. The molecule has 1 aliphatic heterocycles. The number of hydrogen-bond acceptors (Lipinski definition) is 6. The van der Waals surface area contributed by atoms with Crippen molar-refractivity contribution in [3.8, 4) is 11.5 Å². The first kappa shape index (κ1) is 25.3. The summed E-state index contributed by atoms with van der Waals surface area (Å²) in [5.74, 6) is 0.918. The molecule has 0 radical (unpaired) electrons. The van der Waals surface area contributed by atoms with Crippen molar-refractivity contribution in [1.29, 1.82) is 0 Å². The summed E-state index contributed by atoms with van der Waals surface area (Å²) < 4.78 is 16.3. The summed E-state index contributed by atoms with van der Waals surface area (Å²) in [6.07, 6.45) is 3.09. The molecule has 0 spiro atoms. The lowest BCUT2D eigenvalue weighted by Gasteiger charge is -2.26. The first-order valence-corrected chi connectivity index (χ1v) is 11.5. The molecule has 182 valence electrons. The summed E-state index contributed by atoms with van der Waals surface area (Å²) in [4.78, 5) is 26.9. The number of carbonyl (C=O) groups excluding carboxylic acids is 2. The Morgan fingerprint density at radius 1 is 1.12 bits per heavy atom. The summed E-state index contributed by atoms with van der Waals surface area (Å²) in [6.45, 7) is 6.86. The fourth-order valence-corrected chi connectivity index (χ4v) is 3.42. The second-order valence-corrected chi connectivity index (χ2v) is 8.00. The summed E-state index contributed by atoms with van der Waals surface area (Å²) in [5.41, 5.74) is 1.79. The molecule has 8 nitrogen and oxygen atoms in total. The lowest BCUT2D eigenvalue weighted by molar-refractivity contribution is -0.126. The molecule has 1 heterocycles. The van der Waals surface area contributed by atoms with Crippen LogP contribution in [0.15, 0.2) is 54.6 Å². The second kappa shape index (κ2) is 13.4. The fraction of sp³-hybridized carbons (Fsp3) is 0.385. The van der Waals surface area contributed by atoms with Gasteiger partial charge in [-0.05, 0) is 48.4 Å². The van der Waals surface area contributed by atoms with Gasteiger partial charge < -0.3 is 24.8 Å². The number of carbonyl (C=O) groups is 2. The van der Waals surface area contributed by atoms with Gasteiger partial charge in [0, 0.05) is 32.3 Å². The Kier molecular flexibility index (Phi) is 9.94. The Bertz CT molecular complexity index is 955. The Morgan fingerprint density at radius 3 is 2.62 bits per heavy atom. The number of hydrogen-bond donors (Lipinski definition) is 2. The highest BCUT2D eigenvalue weighted by Crippen LogP contribution is 2.14. The number of rotatable bonds is 11. The molecule has 3 rings (SSSR count). The predicted octanol–water partition coefficient (Wildman–Crippen LogP) is 2.24. The zero-order valence-electron chi connectivity index (χ0n) is 19.8. The average Bonchev–Trinajstić information content (AvgIpc) is 2.87. The first-order chi connectivity index (χ1) is 16.5. The number of nitrogens with one attached hydrogen (secondary N) is 2. The second-order valence-electron chi connectivity index (χ2n) is 8.00. The standard InChI is InChI=1S/C26H33N3O5/c1-20(28-25(30)11-8-21-6-9-23(32-2)10-7-21)26(31)27-19-22-4-3-5-24(18-22)34-17-14-29-12-15-33-16-13-29/h3-11,18,20H,12-17,19H2,1-2H3,(H,27,31)(H,28,30)/b11-8+. The smallest absolute Gasteiger partial charge is 0.244 e. The van der Waals surface area contributed by atoms with Crippen LogP contribution >= 0.6 is 0 Å². The SMILES string of the molecule is COc1ccc(/C=C/C(=O)NC(C)C(=O)NCc2cccc(OCCN3CCOCC3)c2)cc1. The van der Waals surface area contributed by atoms with E-state index in [-0.39, 0.29) is 11.8 Å². The van der Waals surface area contributed by atoms with Crippen LogP contribution in [0.5, 0.6) is 11.5 Å². The molecule has 1 fully saturated rings. The molecular weight excluding hydrogens is 434 g/mol. The van der Waals surface area contributed by atoms with Crippen LogP contribution in [0.3, 0.4) is 0 Å². The quantitative estimate of drug-likeness (QED) is 0.493. The predicted molar refractivity (Wildman–Crippen MR) is 131 cm³/mol. The van der Waals surface area contributed by atoms with E-state index in [1.165, 1.54) is 6.08 Å². The molecule has 0 bridgehead atoms. The van der Waals surface area contributed by atoms with Crippen LogP contribution in [-0.4, -0.2) is 69.3 Å². The van der Waals surface area contributed by atoms with Gasteiger partial charge in [0.15, 0.2) is 0 Å². The first-order valence-electron chi connectivity index (χ1n) is 11.5. The summed E-state index contributed by atoms with van der Waals surface area (Å²) in [7, 11) is 1.60. The van der Waals surface area contributed by atoms with Crippen LogP contribution in [-0.2, 0) is 20.9 Å². The summed E-state index contributed by atoms with van der Waals surface area (Å²) >= 11 is 0. The summed E-state index contributed by atoms with van der Waals surface area (Å²) in [6, 6.07) is 14.3. The third-order valence-corrected chi connectivity index (χ3v) is 5.44. The zero-order valence-corrected chi connectivity index (χ0v) is 19.8. The van der Waals surface area contributed by atoms with E-state index in [1.807, 2.05) is 48.5 Å². The van der Waals surface area contributed by atoms with E-state index < -0.39 is 6.04 Å². The fourth-order valence-electron chi connectivity index (χ4n) is 3.42. The number of methoxy groups -OCH3 is 1. The van der Waals surface area contributed by atoms with Crippen LogP contribution in [0.1, 0.15) is 18.1 Å². The largest absolute Gasteiger partial charge is 0.497 e. The monoisotopic (exact) mass is 467 g/mol. The molecule has 2 aromatic carbocycles. The maximum atomic E-state index is 12.4. The van der Waals surface area contributed by atoms with Gasteiger partial charge in [-0.3, -0.25) is 14.5 Å². The van der Waals surface area contributed by atoms with Crippen molar-refractivity contribution in [2.45, 2.75) is 19.5 Å². The van der Waals surface area contributed by atoms with Crippen LogP contribution < -0.4 is 20.1 Å². The van der Waals surface area contributed by atoms with Crippen LogP contribution in [0.2, 0.25) is 0 Å². The van der Waals surface area contributed by atoms with Gasteiger partial charge in [0.2, 0.25) is 11.8 Å². The molecule has 0 aliphatic carbocycles. The van der Waals surface area contributed by atoms with Crippen molar-refractivity contribution in [3.05, 3.63) is 65.7 Å². The number of ether oxygens (including phenoxy) is 3. The third-order valence-electron chi connectivity index (χ3n) is 5.44. The van der Waals surface area contributed by atoms with Crippen LogP contribution in [0.25, 0.3) is 6.08 Å². The lowest BCUT2D eigenvalue weighted by atomic mass is 10.2. The topological polar surface area (TPSA) is 89.1 Å². The maximum absolute atomic E-state index is 12.4. The lowest BCUT2D eigenvalue weighted by Crippen LogP contribution is -2.44. The van der Waals surface area contributed by atoms with Crippen molar-refractivity contribution in [2.24, 2.45) is 0 Å². The minimum absolute atomic E-state index is 0.259. The summed E-state index contributed by atoms with van der Waals surface area (Å²) in [5, 5.41) is 5.53. The normalized spacial score (nSPS) is 15.0. The molecular formula is C26H33N3O5. The molecule has 1 unspecified atom stereocenters. The van der Waals surface area contributed by atoms with E-state index in [0.717, 1.165) is 55.5 Å². The Morgan fingerprint density at radius 2 is 1.88 bits per heavy atom. The van der Waals surface area contributed by atoms with E-state index in [0.29, 0.717) is 13.2 Å². The van der Waals surface area contributed by atoms with Gasteiger partial charge in [0.05, 0.1) is 20.3 Å². The van der Waals surface area contributed by atoms with Gasteiger partial charge in [-0.1, -0.05) is 24.3 Å². The van der Waals surface area contributed by atoms with Gasteiger partial charge in [-0.25, -0.2) is 0 Å². The van der Waals surface area contributed by atoms with Crippen molar-refractivity contribution in [1.82, 2.24) is 15.5 Å². The molecule has 0 aromatic heterocycles. The van der Waals surface area contributed by atoms with E-state index in [1.54, 1.807) is 20.1 Å². The Hall–Kier alpha value is -3.36. The Labute approximate surface area is 200 Å².